The van der Waals surface area contributed by atoms with E-state index in [1.807, 2.05) is 42.7 Å². The third-order valence-electron chi connectivity index (χ3n) is 7.87. The molecule has 0 aliphatic carbocycles. The van der Waals surface area contributed by atoms with E-state index in [-0.39, 0.29) is 58.6 Å². The zero-order chi connectivity index (χ0) is 29.9. The molecule has 0 radical (unpaired) electrons. The van der Waals surface area contributed by atoms with E-state index in [0.29, 0.717) is 28.0 Å². The SMILES string of the molecule is CC(=O)c1cn(CC(=O)N2[C@H](C(=O)Nc3nc(Br)ccc3C)C[C@@]3(C)[I-][C@@H]23)c2c(C)cc(-c3cnc(CF)nc3)cc12. The summed E-state index contributed by atoms with van der Waals surface area (Å²) in [5.74, 6) is 0.0733. The molecule has 0 saturated carbocycles. The minimum atomic E-state index is -0.744. The fourth-order valence-electron chi connectivity index (χ4n) is 5.70. The number of carbonyl (C=O) groups excluding carboxylic acids is 3. The minimum absolute atomic E-state index is 0.00649. The summed E-state index contributed by atoms with van der Waals surface area (Å²) in [5.41, 5.74) is 4.48. The number of fused-ring (bicyclic) bond motifs is 2. The Morgan fingerprint density at radius 2 is 1.88 bits per heavy atom. The van der Waals surface area contributed by atoms with Crippen LogP contribution in [0.25, 0.3) is 22.0 Å². The number of alkyl halides is 3. The van der Waals surface area contributed by atoms with Crippen molar-refractivity contribution in [2.24, 2.45) is 0 Å². The van der Waals surface area contributed by atoms with Crippen LogP contribution >= 0.6 is 15.9 Å². The molecule has 1 aromatic carbocycles. The number of nitrogens with zero attached hydrogens (tertiary/aromatic N) is 5. The van der Waals surface area contributed by atoms with E-state index in [1.165, 1.54) is 6.92 Å². The predicted octanol–water partition coefficient (Wildman–Crippen LogP) is 1.97. The van der Waals surface area contributed by atoms with Gasteiger partial charge in [0.1, 0.15) is 6.67 Å². The Morgan fingerprint density at radius 1 is 1.14 bits per heavy atom. The third-order valence-corrected chi connectivity index (χ3v) is 12.7. The van der Waals surface area contributed by atoms with Gasteiger partial charge in [-0.1, -0.05) is 0 Å². The van der Waals surface area contributed by atoms with Crippen molar-refractivity contribution in [2.75, 3.05) is 5.32 Å². The summed E-state index contributed by atoms with van der Waals surface area (Å²) >= 11 is 3.12. The van der Waals surface area contributed by atoms with Gasteiger partial charge >= 0.3 is 245 Å². The molecule has 1 N–H and O–H groups in total. The van der Waals surface area contributed by atoms with Crippen molar-refractivity contribution in [1.29, 1.82) is 0 Å². The molecule has 42 heavy (non-hydrogen) atoms. The molecular weight excluding hydrogens is 718 g/mol. The maximum absolute atomic E-state index is 14.0. The number of pyridine rings is 1. The molecule has 12 heteroatoms. The molecule has 2 aliphatic rings. The molecule has 2 fully saturated rings. The zero-order valence-corrected chi connectivity index (χ0v) is 27.2. The Balaban J connectivity index is 1.31. The molecule has 0 spiro atoms. The zero-order valence-electron chi connectivity index (χ0n) is 23.4. The third kappa shape index (κ3) is 5.12. The van der Waals surface area contributed by atoms with Gasteiger partial charge in [0, 0.05) is 0 Å². The van der Waals surface area contributed by atoms with Crippen LogP contribution in [-0.2, 0) is 22.8 Å². The number of Topliss-reactive ketones (excluding diaryl/α,β-unsaturated/α-hetero) is 1. The number of aromatic nitrogens is 4. The molecule has 9 nitrogen and oxygen atoms in total. The number of nitrogens with one attached hydrogen (secondary N) is 1. The molecule has 0 bridgehead atoms. The van der Waals surface area contributed by atoms with Crippen molar-refractivity contribution < 1.29 is 40.0 Å². The van der Waals surface area contributed by atoms with E-state index >= 15 is 0 Å². The van der Waals surface area contributed by atoms with Crippen molar-refractivity contribution in [3.05, 3.63) is 70.0 Å². The first kappa shape index (κ1) is 28.8. The molecule has 2 amide bonds. The molecule has 218 valence electrons. The summed E-state index contributed by atoms with van der Waals surface area (Å²) in [5, 5.41) is 3.66. The number of hydrogen-bond donors (Lipinski definition) is 1. The van der Waals surface area contributed by atoms with E-state index in [4.69, 9.17) is 0 Å². The maximum atomic E-state index is 14.0. The van der Waals surface area contributed by atoms with Gasteiger partial charge in [-0.3, -0.25) is 0 Å². The second-order valence-electron chi connectivity index (χ2n) is 11.0. The standard InChI is InChI=1S/C30H28BrFIN6O3/c1-15-5-6-23(31)36-27(15)37-28(42)22-9-30(4)29(33-30)39(22)25(41)14-38-13-21(17(3)40)20-8-18(7-16(2)26(20)38)19-11-34-24(10-32)35-12-19/h5-8,11-13,22,29H,9-10,14H2,1-4H3,(H,36,37,42)/q-1/t22-,29-,30+/m0/s1. The Hall–Kier alpha value is -3.26. The molecule has 5 heterocycles. The van der Waals surface area contributed by atoms with Gasteiger partial charge in [0.25, 0.3) is 0 Å². The van der Waals surface area contributed by atoms with Crippen molar-refractivity contribution in [3.63, 3.8) is 0 Å². The van der Waals surface area contributed by atoms with Crippen LogP contribution in [0.15, 0.2) is 47.5 Å². The van der Waals surface area contributed by atoms with Gasteiger partial charge in [0.05, 0.1) is 0 Å². The fraction of sp³-hybridized carbons (Fsp3) is 0.333. The van der Waals surface area contributed by atoms with E-state index in [0.717, 1.165) is 27.6 Å². The number of halogens is 3. The number of rotatable bonds is 7. The Morgan fingerprint density at radius 3 is 2.57 bits per heavy atom. The van der Waals surface area contributed by atoms with Gasteiger partial charge in [0.2, 0.25) is 0 Å². The molecule has 0 unspecified atom stereocenters. The number of amides is 2. The van der Waals surface area contributed by atoms with Crippen LogP contribution in [0.3, 0.4) is 0 Å². The number of ketones is 1. The Labute approximate surface area is 260 Å². The molecule has 2 saturated heterocycles. The normalized spacial score (nSPS) is 21.1. The number of aryl methyl sites for hydroxylation is 2. The molecule has 6 rings (SSSR count). The fourth-order valence-corrected chi connectivity index (χ4v) is 9.40. The molecule has 3 aromatic heterocycles. The van der Waals surface area contributed by atoms with E-state index < -0.39 is 12.7 Å². The number of hydrogen-bond acceptors (Lipinski definition) is 6. The van der Waals surface area contributed by atoms with Gasteiger partial charge < -0.3 is 0 Å². The van der Waals surface area contributed by atoms with Crippen molar-refractivity contribution in [2.45, 2.75) is 60.8 Å². The Bertz CT molecular complexity index is 1780. The summed E-state index contributed by atoms with van der Waals surface area (Å²) in [4.78, 5) is 54.4. The van der Waals surface area contributed by atoms with Crippen LogP contribution in [0.5, 0.6) is 0 Å². The monoisotopic (exact) mass is 745 g/mol. The molecular formula is C30H28BrFIN6O3-. The number of carbonyl (C=O) groups is 3. The van der Waals surface area contributed by atoms with Gasteiger partial charge in [-0.2, -0.15) is 0 Å². The van der Waals surface area contributed by atoms with Crippen LogP contribution in [0, 0.1) is 13.8 Å². The van der Waals surface area contributed by atoms with E-state index in [2.05, 4.69) is 43.1 Å². The van der Waals surface area contributed by atoms with Gasteiger partial charge in [0.15, 0.2) is 5.82 Å². The number of likely N-dealkylation sites (tertiary alicyclic amines) is 1. The van der Waals surface area contributed by atoms with Crippen molar-refractivity contribution in [1.82, 2.24) is 24.4 Å². The van der Waals surface area contributed by atoms with Crippen LogP contribution in [0.2, 0.25) is 0 Å². The average Bonchev–Trinajstić information content (AvgIpc) is 3.30. The van der Waals surface area contributed by atoms with Crippen LogP contribution in [0.1, 0.15) is 47.6 Å². The summed E-state index contributed by atoms with van der Waals surface area (Å²) < 4.78 is 15.5. The first-order chi connectivity index (χ1) is 20.0. The van der Waals surface area contributed by atoms with Crippen molar-refractivity contribution in [3.8, 4) is 11.1 Å². The summed E-state index contributed by atoms with van der Waals surface area (Å²) in [6.07, 6.45) is 5.49. The second-order valence-corrected chi connectivity index (χ2v) is 16.0. The van der Waals surface area contributed by atoms with Gasteiger partial charge in [-0.25, -0.2) is 4.39 Å². The van der Waals surface area contributed by atoms with Crippen LogP contribution in [0.4, 0.5) is 10.2 Å². The van der Waals surface area contributed by atoms with Crippen LogP contribution < -0.4 is 26.5 Å². The summed E-state index contributed by atoms with van der Waals surface area (Å²) in [7, 11) is 0. The number of benzene rings is 1. The van der Waals surface area contributed by atoms with Gasteiger partial charge in [-0.15, -0.1) is 0 Å². The van der Waals surface area contributed by atoms with Gasteiger partial charge in [-0.05, 0) is 0 Å². The molecule has 3 atom stereocenters. The molecule has 4 aromatic rings. The summed E-state index contributed by atoms with van der Waals surface area (Å²) in [6, 6.07) is 6.93. The topological polar surface area (TPSA) is 110 Å². The predicted molar refractivity (Wildman–Crippen MR) is 155 cm³/mol. The van der Waals surface area contributed by atoms with Crippen molar-refractivity contribution >= 4 is 50.2 Å². The van der Waals surface area contributed by atoms with E-state index in [1.54, 1.807) is 23.5 Å². The Kier molecular flexibility index (Phi) is 7.40. The average molecular weight is 746 g/mol. The second kappa shape index (κ2) is 10.8. The summed E-state index contributed by atoms with van der Waals surface area (Å²) in [6.45, 7) is 6.73. The van der Waals surface area contributed by atoms with Crippen LogP contribution in [-0.4, -0.2) is 55.5 Å². The first-order valence-electron chi connectivity index (χ1n) is 13.4. The quantitative estimate of drug-likeness (QED) is 0.102. The number of anilines is 1. The molecule has 2 aliphatic heterocycles. The van der Waals surface area contributed by atoms with E-state index in [9.17, 15) is 18.8 Å². The first-order valence-corrected chi connectivity index (χ1v) is 16.5.